The molecule has 1 aromatic carbocycles. The van der Waals surface area contributed by atoms with Gasteiger partial charge in [-0.1, -0.05) is 49.8 Å². The first kappa shape index (κ1) is 22.0. The van der Waals surface area contributed by atoms with Crippen LogP contribution >= 0.6 is 11.3 Å². The van der Waals surface area contributed by atoms with Gasteiger partial charge in [-0.05, 0) is 25.5 Å². The molecule has 152 valence electrons. The standard InChI is InChI=1S/C18H24N4O4S2/c1-5-14(16(24)20-18-22-21-17(27-18)11(2)3)28(25,26)10-15(23)19-13-8-6-12(4)7-9-13/h6-9,11,14H,5,10H2,1-4H3,(H,19,23)(H,20,22,24). The molecule has 2 amide bonds. The van der Waals surface area contributed by atoms with Gasteiger partial charge in [-0.15, -0.1) is 10.2 Å². The summed E-state index contributed by atoms with van der Waals surface area (Å²) in [6, 6.07) is 6.98. The van der Waals surface area contributed by atoms with E-state index in [0.29, 0.717) is 5.69 Å². The van der Waals surface area contributed by atoms with Crippen LogP contribution < -0.4 is 10.6 Å². The number of aromatic nitrogens is 2. The van der Waals surface area contributed by atoms with Crippen molar-refractivity contribution in [2.24, 2.45) is 0 Å². The molecule has 1 unspecified atom stereocenters. The second-order valence-corrected chi connectivity index (χ2v) is 9.90. The van der Waals surface area contributed by atoms with E-state index >= 15 is 0 Å². The molecule has 0 aliphatic heterocycles. The van der Waals surface area contributed by atoms with Crippen LogP contribution in [0.5, 0.6) is 0 Å². The number of amides is 2. The van der Waals surface area contributed by atoms with Crippen LogP contribution in [0.15, 0.2) is 24.3 Å². The highest BCUT2D eigenvalue weighted by Crippen LogP contribution is 2.23. The Morgan fingerprint density at radius 2 is 1.75 bits per heavy atom. The lowest BCUT2D eigenvalue weighted by atomic mass is 10.2. The molecule has 0 bridgehead atoms. The van der Waals surface area contributed by atoms with E-state index in [1.165, 1.54) is 11.3 Å². The third-order valence-corrected chi connectivity index (χ3v) is 7.15. The van der Waals surface area contributed by atoms with Gasteiger partial charge in [-0.25, -0.2) is 8.42 Å². The van der Waals surface area contributed by atoms with Crippen LogP contribution in [0.1, 0.15) is 43.7 Å². The molecule has 1 heterocycles. The summed E-state index contributed by atoms with van der Waals surface area (Å²) in [5, 5.41) is 12.5. The average molecular weight is 425 g/mol. The molecule has 0 spiro atoms. The highest BCUT2D eigenvalue weighted by molar-refractivity contribution is 7.93. The summed E-state index contributed by atoms with van der Waals surface area (Å²) in [4.78, 5) is 24.6. The van der Waals surface area contributed by atoms with Crippen molar-refractivity contribution in [3.63, 3.8) is 0 Å². The molecule has 2 aromatic rings. The fourth-order valence-corrected chi connectivity index (χ4v) is 4.70. The Morgan fingerprint density at radius 3 is 2.29 bits per heavy atom. The quantitative estimate of drug-likeness (QED) is 0.673. The monoisotopic (exact) mass is 424 g/mol. The molecular weight excluding hydrogens is 400 g/mol. The fraction of sp³-hybridized carbons (Fsp3) is 0.444. The molecule has 0 aliphatic rings. The first-order chi connectivity index (χ1) is 13.1. The lowest BCUT2D eigenvalue weighted by Gasteiger charge is -2.14. The van der Waals surface area contributed by atoms with E-state index in [0.717, 1.165) is 10.6 Å². The number of hydrogen-bond acceptors (Lipinski definition) is 7. The summed E-state index contributed by atoms with van der Waals surface area (Å²) in [5.74, 6) is -2.02. The van der Waals surface area contributed by atoms with Gasteiger partial charge in [0.15, 0.2) is 9.84 Å². The van der Waals surface area contributed by atoms with Crippen molar-refractivity contribution >= 4 is 43.8 Å². The van der Waals surface area contributed by atoms with E-state index in [4.69, 9.17) is 0 Å². The van der Waals surface area contributed by atoms with Gasteiger partial charge >= 0.3 is 0 Å². The van der Waals surface area contributed by atoms with Gasteiger partial charge < -0.3 is 5.32 Å². The van der Waals surface area contributed by atoms with Gasteiger partial charge in [0.05, 0.1) is 0 Å². The van der Waals surface area contributed by atoms with Crippen molar-refractivity contribution in [1.29, 1.82) is 0 Å². The number of carbonyl (C=O) groups is 2. The van der Waals surface area contributed by atoms with Crippen molar-refractivity contribution in [3.8, 4) is 0 Å². The van der Waals surface area contributed by atoms with Crippen LogP contribution in [0.25, 0.3) is 0 Å². The number of hydrogen-bond donors (Lipinski definition) is 2. The number of aryl methyl sites for hydroxylation is 1. The molecule has 0 saturated carbocycles. The summed E-state index contributed by atoms with van der Waals surface area (Å²) in [7, 11) is -4.00. The first-order valence-corrected chi connectivity index (χ1v) is 11.4. The highest BCUT2D eigenvalue weighted by atomic mass is 32.2. The molecule has 8 nitrogen and oxygen atoms in total. The van der Waals surface area contributed by atoms with Crippen LogP contribution in [0.2, 0.25) is 0 Å². The Balaban J connectivity index is 2.04. The van der Waals surface area contributed by atoms with Crippen LogP contribution in [0.4, 0.5) is 10.8 Å². The summed E-state index contributed by atoms with van der Waals surface area (Å²) in [6.07, 6.45) is 0.0435. The lowest BCUT2D eigenvalue weighted by molar-refractivity contribution is -0.115. The van der Waals surface area contributed by atoms with E-state index in [2.05, 4.69) is 20.8 Å². The Morgan fingerprint density at radius 1 is 1.11 bits per heavy atom. The summed E-state index contributed by atoms with van der Waals surface area (Å²) < 4.78 is 25.2. The topological polar surface area (TPSA) is 118 Å². The normalized spacial score (nSPS) is 12.6. The minimum Gasteiger partial charge on any atom is -0.325 e. The zero-order chi connectivity index (χ0) is 20.9. The Bertz CT molecular complexity index is 937. The minimum atomic E-state index is -4.00. The smallest absolute Gasteiger partial charge is 0.244 e. The van der Waals surface area contributed by atoms with Crippen molar-refractivity contribution in [3.05, 3.63) is 34.8 Å². The molecule has 28 heavy (non-hydrogen) atoms. The summed E-state index contributed by atoms with van der Waals surface area (Å²) in [5.41, 5.74) is 1.52. The number of carbonyl (C=O) groups excluding carboxylic acids is 2. The van der Waals surface area contributed by atoms with Crippen LogP contribution in [0.3, 0.4) is 0 Å². The maximum atomic E-state index is 12.6. The predicted molar refractivity (Wildman–Crippen MR) is 110 cm³/mol. The number of sulfone groups is 1. The van der Waals surface area contributed by atoms with E-state index in [-0.39, 0.29) is 17.5 Å². The third kappa shape index (κ3) is 5.83. The van der Waals surface area contributed by atoms with E-state index < -0.39 is 32.7 Å². The Kier molecular flexibility index (Phi) is 7.25. The lowest BCUT2D eigenvalue weighted by Crippen LogP contribution is -2.39. The zero-order valence-electron chi connectivity index (χ0n) is 16.2. The SMILES string of the molecule is CCC(C(=O)Nc1nnc(C(C)C)s1)S(=O)(=O)CC(=O)Nc1ccc(C)cc1. The molecule has 10 heteroatoms. The number of anilines is 2. The molecule has 0 aliphatic carbocycles. The molecule has 1 atom stereocenters. The first-order valence-electron chi connectivity index (χ1n) is 8.84. The summed E-state index contributed by atoms with van der Waals surface area (Å²) >= 11 is 1.20. The maximum absolute atomic E-state index is 12.6. The molecule has 0 radical (unpaired) electrons. The third-order valence-electron chi connectivity index (χ3n) is 3.93. The number of rotatable bonds is 8. The van der Waals surface area contributed by atoms with Crippen molar-refractivity contribution in [2.75, 3.05) is 16.4 Å². The predicted octanol–water partition coefficient (Wildman–Crippen LogP) is 2.74. The van der Waals surface area contributed by atoms with Gasteiger partial charge in [0, 0.05) is 11.6 Å². The van der Waals surface area contributed by atoms with Gasteiger partial charge in [-0.2, -0.15) is 0 Å². The highest BCUT2D eigenvalue weighted by Gasteiger charge is 2.33. The molecule has 2 rings (SSSR count). The van der Waals surface area contributed by atoms with Gasteiger partial charge in [-0.3, -0.25) is 14.9 Å². The van der Waals surface area contributed by atoms with E-state index in [1.54, 1.807) is 31.2 Å². The van der Waals surface area contributed by atoms with E-state index in [1.807, 2.05) is 20.8 Å². The van der Waals surface area contributed by atoms with Crippen molar-refractivity contribution in [1.82, 2.24) is 10.2 Å². The molecule has 0 fully saturated rings. The molecule has 0 saturated heterocycles. The van der Waals surface area contributed by atoms with E-state index in [9.17, 15) is 18.0 Å². The Labute approximate surface area is 168 Å². The Hall–Kier alpha value is -2.33. The van der Waals surface area contributed by atoms with Gasteiger partial charge in [0.25, 0.3) is 0 Å². The van der Waals surface area contributed by atoms with Crippen LogP contribution in [-0.4, -0.2) is 41.4 Å². The number of nitrogens with zero attached hydrogens (tertiary/aromatic N) is 2. The summed E-state index contributed by atoms with van der Waals surface area (Å²) in [6.45, 7) is 7.37. The number of benzene rings is 1. The molecule has 2 N–H and O–H groups in total. The fourth-order valence-electron chi connectivity index (χ4n) is 2.42. The van der Waals surface area contributed by atoms with Crippen LogP contribution in [-0.2, 0) is 19.4 Å². The van der Waals surface area contributed by atoms with Gasteiger partial charge in [0.2, 0.25) is 16.9 Å². The zero-order valence-corrected chi connectivity index (χ0v) is 17.9. The van der Waals surface area contributed by atoms with Crippen molar-refractivity contribution in [2.45, 2.75) is 45.3 Å². The second kappa shape index (κ2) is 9.24. The maximum Gasteiger partial charge on any atom is 0.244 e. The van der Waals surface area contributed by atoms with Crippen molar-refractivity contribution < 1.29 is 18.0 Å². The molecule has 1 aromatic heterocycles. The average Bonchev–Trinajstić information content (AvgIpc) is 3.05. The largest absolute Gasteiger partial charge is 0.325 e. The minimum absolute atomic E-state index is 0.0435. The van der Waals surface area contributed by atoms with Gasteiger partial charge in [0.1, 0.15) is 16.0 Å². The van der Waals surface area contributed by atoms with Crippen LogP contribution in [0, 0.1) is 6.92 Å². The molecular formula is C18H24N4O4S2. The number of nitrogens with one attached hydrogen (secondary N) is 2. The second-order valence-electron chi connectivity index (χ2n) is 6.71.